The topological polar surface area (TPSA) is 64.3 Å². The zero-order chi connectivity index (χ0) is 17.6. The predicted octanol–water partition coefficient (Wildman–Crippen LogP) is 3.32. The smallest absolute Gasteiger partial charge is 0.224 e. The summed E-state index contributed by atoms with van der Waals surface area (Å²) < 4.78 is 5.80. The maximum absolute atomic E-state index is 12.1. The number of ether oxygens (including phenoxy) is 1. The third-order valence-electron chi connectivity index (χ3n) is 4.32. The summed E-state index contributed by atoms with van der Waals surface area (Å²) in [4.78, 5) is 12.1. The van der Waals surface area contributed by atoms with E-state index >= 15 is 0 Å². The molecule has 0 spiro atoms. The van der Waals surface area contributed by atoms with Gasteiger partial charge in [-0.25, -0.2) is 0 Å². The molecule has 1 unspecified atom stereocenters. The lowest BCUT2D eigenvalue weighted by molar-refractivity contribution is -0.120. The van der Waals surface area contributed by atoms with Gasteiger partial charge >= 0.3 is 0 Å². The molecule has 5 heteroatoms. The first-order chi connectivity index (χ1) is 12.1. The Balaban J connectivity index is 1.49. The second kappa shape index (κ2) is 8.37. The fourth-order valence-electron chi connectivity index (χ4n) is 2.71. The minimum absolute atomic E-state index is 0.0110. The summed E-state index contributed by atoms with van der Waals surface area (Å²) in [6.07, 6.45) is 2.69. The zero-order valence-corrected chi connectivity index (χ0v) is 14.8. The molecule has 1 aliphatic carbocycles. The van der Waals surface area contributed by atoms with Gasteiger partial charge in [-0.3, -0.25) is 4.79 Å². The molecule has 4 nitrogen and oxygen atoms in total. The van der Waals surface area contributed by atoms with Gasteiger partial charge in [0.05, 0.1) is 6.42 Å². The van der Waals surface area contributed by atoms with Gasteiger partial charge in [-0.15, -0.1) is 0 Å². The van der Waals surface area contributed by atoms with Gasteiger partial charge in [0.2, 0.25) is 5.91 Å². The molecule has 3 N–H and O–H groups in total. The van der Waals surface area contributed by atoms with Crippen molar-refractivity contribution in [1.82, 2.24) is 5.32 Å². The van der Waals surface area contributed by atoms with Crippen LogP contribution in [-0.4, -0.2) is 18.5 Å². The molecule has 0 aromatic heterocycles. The summed E-state index contributed by atoms with van der Waals surface area (Å²) in [6, 6.07) is 15.2. The van der Waals surface area contributed by atoms with Crippen molar-refractivity contribution in [1.29, 1.82) is 0 Å². The summed E-state index contributed by atoms with van der Waals surface area (Å²) in [5.74, 6) is 1.31. The van der Waals surface area contributed by atoms with E-state index in [1.54, 1.807) is 0 Å². The number of halogens is 1. The Morgan fingerprint density at radius 1 is 1.20 bits per heavy atom. The van der Waals surface area contributed by atoms with E-state index in [2.05, 4.69) is 5.32 Å². The van der Waals surface area contributed by atoms with Crippen molar-refractivity contribution < 1.29 is 9.53 Å². The van der Waals surface area contributed by atoms with E-state index in [-0.39, 0.29) is 11.9 Å². The molecule has 0 aliphatic heterocycles. The van der Waals surface area contributed by atoms with Crippen molar-refractivity contribution >= 4 is 17.5 Å². The lowest BCUT2D eigenvalue weighted by Crippen LogP contribution is -2.39. The Hall–Kier alpha value is -2.04. The number of nitrogens with two attached hydrogens (primary N) is 1. The minimum atomic E-state index is -0.0110. The van der Waals surface area contributed by atoms with Gasteiger partial charge in [0.25, 0.3) is 0 Å². The van der Waals surface area contributed by atoms with Crippen molar-refractivity contribution in [2.45, 2.75) is 31.9 Å². The Morgan fingerprint density at radius 3 is 2.72 bits per heavy atom. The third kappa shape index (κ3) is 5.76. The molecule has 1 fully saturated rings. The van der Waals surface area contributed by atoms with Crippen molar-refractivity contribution in [2.24, 2.45) is 11.7 Å². The maximum Gasteiger partial charge on any atom is 0.224 e. The first kappa shape index (κ1) is 17.8. The average molecular weight is 359 g/mol. The van der Waals surface area contributed by atoms with Crippen LogP contribution in [0.3, 0.4) is 0 Å². The summed E-state index contributed by atoms with van der Waals surface area (Å²) in [6.45, 7) is 0.987. The first-order valence-electron chi connectivity index (χ1n) is 8.58. The van der Waals surface area contributed by atoms with Crippen LogP contribution in [0.25, 0.3) is 0 Å². The standard InChI is InChI=1S/C20H23ClN2O2/c21-17-5-1-4-15(9-17)13-25-18-6-2-3-14(10-18)11-20(24)23-12-19(22)16-7-8-16/h1-6,9-10,16,19H,7-8,11-13,22H2,(H,23,24). The molecule has 132 valence electrons. The first-order valence-corrected chi connectivity index (χ1v) is 8.96. The molecule has 0 bridgehead atoms. The second-order valence-electron chi connectivity index (χ2n) is 6.55. The largest absolute Gasteiger partial charge is 0.489 e. The predicted molar refractivity (Wildman–Crippen MR) is 99.6 cm³/mol. The van der Waals surface area contributed by atoms with E-state index in [1.165, 1.54) is 12.8 Å². The lowest BCUT2D eigenvalue weighted by Gasteiger charge is -2.12. The molecule has 0 radical (unpaired) electrons. The van der Waals surface area contributed by atoms with Crippen LogP contribution in [0.4, 0.5) is 0 Å². The molecule has 1 aliphatic rings. The highest BCUT2D eigenvalue weighted by Gasteiger charge is 2.28. The normalized spacial score (nSPS) is 14.8. The van der Waals surface area contributed by atoms with Crippen LogP contribution in [0.2, 0.25) is 5.02 Å². The van der Waals surface area contributed by atoms with E-state index in [9.17, 15) is 4.79 Å². The molecule has 0 saturated heterocycles. The van der Waals surface area contributed by atoms with Crippen LogP contribution in [0.15, 0.2) is 48.5 Å². The molecular weight excluding hydrogens is 336 g/mol. The molecular formula is C20H23ClN2O2. The molecule has 1 amide bonds. The number of hydrogen-bond acceptors (Lipinski definition) is 3. The number of benzene rings is 2. The van der Waals surface area contributed by atoms with Crippen LogP contribution in [0.1, 0.15) is 24.0 Å². The van der Waals surface area contributed by atoms with Gasteiger partial charge in [-0.1, -0.05) is 35.9 Å². The molecule has 25 heavy (non-hydrogen) atoms. The quantitative estimate of drug-likeness (QED) is 0.760. The Morgan fingerprint density at radius 2 is 1.96 bits per heavy atom. The Labute approximate surface area is 153 Å². The van der Waals surface area contributed by atoms with Crippen LogP contribution >= 0.6 is 11.6 Å². The van der Waals surface area contributed by atoms with Gasteiger partial charge in [-0.05, 0) is 54.2 Å². The highest BCUT2D eigenvalue weighted by Crippen LogP contribution is 2.31. The fourth-order valence-corrected chi connectivity index (χ4v) is 2.92. The zero-order valence-electron chi connectivity index (χ0n) is 14.1. The van der Waals surface area contributed by atoms with Gasteiger partial charge in [0.1, 0.15) is 12.4 Å². The van der Waals surface area contributed by atoms with E-state index in [0.29, 0.717) is 30.5 Å². The van der Waals surface area contributed by atoms with Crippen molar-refractivity contribution in [3.8, 4) is 5.75 Å². The van der Waals surface area contributed by atoms with E-state index in [0.717, 1.165) is 16.9 Å². The van der Waals surface area contributed by atoms with Crippen molar-refractivity contribution in [3.05, 3.63) is 64.7 Å². The van der Waals surface area contributed by atoms with Crippen LogP contribution < -0.4 is 15.8 Å². The Kier molecular flexibility index (Phi) is 5.95. The highest BCUT2D eigenvalue weighted by atomic mass is 35.5. The number of rotatable bonds is 8. The highest BCUT2D eigenvalue weighted by molar-refractivity contribution is 6.30. The summed E-state index contributed by atoms with van der Waals surface area (Å²) in [5, 5.41) is 3.61. The average Bonchev–Trinajstić information content (AvgIpc) is 3.43. The molecule has 3 rings (SSSR count). The van der Waals surface area contributed by atoms with Gasteiger partial charge in [0, 0.05) is 17.6 Å². The number of nitrogens with one attached hydrogen (secondary N) is 1. The van der Waals surface area contributed by atoms with Crippen molar-refractivity contribution in [3.63, 3.8) is 0 Å². The van der Waals surface area contributed by atoms with Gasteiger partial charge < -0.3 is 15.8 Å². The number of hydrogen-bond donors (Lipinski definition) is 2. The number of carbonyl (C=O) groups is 1. The summed E-state index contributed by atoms with van der Waals surface area (Å²) in [5.41, 5.74) is 7.93. The van der Waals surface area contributed by atoms with Crippen LogP contribution in [0.5, 0.6) is 5.75 Å². The summed E-state index contributed by atoms with van der Waals surface area (Å²) in [7, 11) is 0. The minimum Gasteiger partial charge on any atom is -0.489 e. The fraction of sp³-hybridized carbons (Fsp3) is 0.350. The van der Waals surface area contributed by atoms with E-state index in [1.807, 2.05) is 48.5 Å². The van der Waals surface area contributed by atoms with E-state index in [4.69, 9.17) is 22.1 Å². The molecule has 2 aromatic rings. The number of carbonyl (C=O) groups excluding carboxylic acids is 1. The summed E-state index contributed by atoms with van der Waals surface area (Å²) >= 11 is 5.98. The third-order valence-corrected chi connectivity index (χ3v) is 4.56. The lowest BCUT2D eigenvalue weighted by atomic mass is 10.1. The monoisotopic (exact) mass is 358 g/mol. The molecule has 1 atom stereocenters. The van der Waals surface area contributed by atoms with Gasteiger partial charge in [-0.2, -0.15) is 0 Å². The number of amides is 1. The van der Waals surface area contributed by atoms with E-state index < -0.39 is 0 Å². The van der Waals surface area contributed by atoms with Gasteiger partial charge in [0.15, 0.2) is 0 Å². The van der Waals surface area contributed by atoms with Crippen LogP contribution in [0, 0.1) is 5.92 Å². The Bertz CT molecular complexity index is 731. The maximum atomic E-state index is 12.1. The molecule has 1 saturated carbocycles. The second-order valence-corrected chi connectivity index (χ2v) is 6.98. The molecule has 2 aromatic carbocycles. The SMILES string of the molecule is NC(CNC(=O)Cc1cccc(OCc2cccc(Cl)c2)c1)C1CC1. The van der Waals surface area contributed by atoms with Crippen LogP contribution in [-0.2, 0) is 17.8 Å². The molecule has 0 heterocycles. The van der Waals surface area contributed by atoms with Crippen molar-refractivity contribution in [2.75, 3.05) is 6.54 Å².